The number of carbonyl (C=O) groups excluding carboxylic acids is 1. The molecule has 0 spiro atoms. The fourth-order valence-electron chi connectivity index (χ4n) is 3.74. The molecule has 4 aromatic rings. The number of carbonyl (C=O) groups is 1. The van der Waals surface area contributed by atoms with E-state index in [0.29, 0.717) is 35.5 Å². The van der Waals surface area contributed by atoms with Crippen molar-refractivity contribution in [2.24, 2.45) is 0 Å². The van der Waals surface area contributed by atoms with Gasteiger partial charge in [0.15, 0.2) is 15.7 Å². The molecule has 0 bridgehead atoms. The van der Waals surface area contributed by atoms with Gasteiger partial charge in [0.1, 0.15) is 34.8 Å². The van der Waals surface area contributed by atoms with Crippen molar-refractivity contribution >= 4 is 62.3 Å². The predicted octanol–water partition coefficient (Wildman–Crippen LogP) is 5.49. The molecule has 41 heavy (non-hydrogen) atoms. The van der Waals surface area contributed by atoms with Crippen LogP contribution < -0.4 is 20.1 Å². The lowest BCUT2D eigenvalue weighted by atomic mass is 10.2. The van der Waals surface area contributed by atoms with Gasteiger partial charge in [-0.25, -0.2) is 18.4 Å². The van der Waals surface area contributed by atoms with Crippen LogP contribution in [-0.2, 0) is 21.2 Å². The number of nitrogens with zero attached hydrogens (tertiary/aromatic N) is 3. The van der Waals surface area contributed by atoms with Crippen LogP contribution in [0.2, 0.25) is 5.02 Å². The van der Waals surface area contributed by atoms with Gasteiger partial charge in [0, 0.05) is 37.3 Å². The van der Waals surface area contributed by atoms with E-state index < -0.39 is 33.6 Å². The number of halogens is 5. The number of sulfone groups is 1. The Kier molecular flexibility index (Phi) is 10.3. The van der Waals surface area contributed by atoms with Crippen molar-refractivity contribution in [3.05, 3.63) is 66.1 Å². The third-order valence-corrected chi connectivity index (χ3v) is 6.38. The molecule has 0 unspecified atom stereocenters. The molecule has 2 N–H and O–H groups in total. The van der Waals surface area contributed by atoms with Crippen molar-refractivity contribution in [2.45, 2.75) is 19.3 Å². The maximum Gasteiger partial charge on any atom is 0.573 e. The van der Waals surface area contributed by atoms with E-state index in [0.717, 1.165) is 18.4 Å². The predicted molar refractivity (Wildman–Crippen MR) is 150 cm³/mol. The number of alkyl halides is 3. The van der Waals surface area contributed by atoms with Crippen LogP contribution in [0.1, 0.15) is 6.42 Å². The van der Waals surface area contributed by atoms with Crippen molar-refractivity contribution in [3.8, 4) is 17.2 Å². The summed E-state index contributed by atoms with van der Waals surface area (Å²) in [4.78, 5) is 20.3. The van der Waals surface area contributed by atoms with E-state index >= 15 is 0 Å². The number of anilines is 2. The summed E-state index contributed by atoms with van der Waals surface area (Å²) in [5, 5.41) is 5.96. The van der Waals surface area contributed by atoms with Gasteiger partial charge >= 0.3 is 6.36 Å². The maximum atomic E-state index is 12.5. The maximum absolute atomic E-state index is 12.5. The lowest BCUT2D eigenvalue weighted by Crippen LogP contribution is -2.31. The molecule has 2 aromatic heterocycles. The highest BCUT2D eigenvalue weighted by atomic mass is 35.5. The van der Waals surface area contributed by atoms with Crippen molar-refractivity contribution in [3.63, 3.8) is 0 Å². The normalized spacial score (nSPS) is 11.5. The minimum absolute atomic E-state index is 0. The van der Waals surface area contributed by atoms with Gasteiger partial charge in [0.05, 0.1) is 10.5 Å². The van der Waals surface area contributed by atoms with Gasteiger partial charge in [-0.2, -0.15) is 0 Å². The van der Waals surface area contributed by atoms with Gasteiger partial charge < -0.3 is 24.7 Å². The van der Waals surface area contributed by atoms with E-state index in [1.807, 2.05) is 16.8 Å². The summed E-state index contributed by atoms with van der Waals surface area (Å²) >= 11 is 6.38. The summed E-state index contributed by atoms with van der Waals surface area (Å²) in [6.45, 7) is 0.780. The van der Waals surface area contributed by atoms with Crippen molar-refractivity contribution < 1.29 is 35.9 Å². The van der Waals surface area contributed by atoms with Gasteiger partial charge in [0.25, 0.3) is 0 Å². The van der Waals surface area contributed by atoms with Crippen LogP contribution >= 0.6 is 24.0 Å². The number of aromatic nitrogens is 3. The summed E-state index contributed by atoms with van der Waals surface area (Å²) in [6, 6.07) is 11.7. The Morgan fingerprint density at radius 3 is 2.56 bits per heavy atom. The zero-order valence-corrected chi connectivity index (χ0v) is 23.7. The molecule has 0 saturated carbocycles. The first-order chi connectivity index (χ1) is 18.9. The number of hydrogen-bond acceptors (Lipinski definition) is 8. The van der Waals surface area contributed by atoms with E-state index in [4.69, 9.17) is 16.3 Å². The van der Waals surface area contributed by atoms with Gasteiger partial charge in [-0.1, -0.05) is 17.7 Å². The molecule has 0 saturated heterocycles. The number of fused-ring (bicyclic) bond motifs is 1. The van der Waals surface area contributed by atoms with E-state index in [1.165, 1.54) is 18.5 Å². The molecule has 0 atom stereocenters. The molecule has 0 radical (unpaired) electrons. The molecular weight excluding hydrogens is 610 g/mol. The van der Waals surface area contributed by atoms with Gasteiger partial charge in [-0.15, -0.1) is 25.6 Å². The molecule has 0 aliphatic rings. The SMILES string of the molecule is CS(=O)(=O)CC(=O)NCCCn1ccc2ncnc(Nc3ccc(Oc4cccc(OC(F)(F)F)c4)c(Cl)c3)c21.Cl. The van der Waals surface area contributed by atoms with E-state index in [-0.39, 0.29) is 35.5 Å². The van der Waals surface area contributed by atoms with Crippen LogP contribution in [0, 0.1) is 0 Å². The van der Waals surface area contributed by atoms with Crippen LogP contribution in [0.4, 0.5) is 24.7 Å². The molecule has 2 heterocycles. The van der Waals surface area contributed by atoms with Crippen LogP contribution in [0.15, 0.2) is 61.1 Å². The molecular formula is C25H24Cl2F3N5O5S. The summed E-state index contributed by atoms with van der Waals surface area (Å²) < 4.78 is 71.4. The quantitative estimate of drug-likeness (QED) is 0.208. The van der Waals surface area contributed by atoms with E-state index in [9.17, 15) is 26.4 Å². The Hall–Kier alpha value is -3.75. The summed E-state index contributed by atoms with van der Waals surface area (Å²) in [5.74, 6) is -0.744. The fraction of sp³-hybridized carbons (Fsp3) is 0.240. The summed E-state index contributed by atoms with van der Waals surface area (Å²) in [7, 11) is -3.40. The highest BCUT2D eigenvalue weighted by Gasteiger charge is 2.31. The number of amides is 1. The number of nitrogens with one attached hydrogen (secondary N) is 2. The van der Waals surface area contributed by atoms with Crippen LogP contribution in [-0.4, -0.2) is 53.8 Å². The van der Waals surface area contributed by atoms with Crippen LogP contribution in [0.5, 0.6) is 17.2 Å². The molecule has 16 heteroatoms. The smallest absolute Gasteiger partial charge is 0.456 e. The molecule has 220 valence electrons. The van der Waals surface area contributed by atoms with E-state index in [1.54, 1.807) is 18.2 Å². The van der Waals surface area contributed by atoms with Crippen molar-refractivity contribution in [1.29, 1.82) is 0 Å². The Labute approximate surface area is 244 Å². The average Bonchev–Trinajstić information content (AvgIpc) is 3.26. The zero-order chi connectivity index (χ0) is 28.9. The first kappa shape index (κ1) is 31.8. The Balaban J connectivity index is 0.00000462. The topological polar surface area (TPSA) is 124 Å². The molecule has 0 aliphatic carbocycles. The number of rotatable bonds is 11. The number of ether oxygens (including phenoxy) is 2. The number of aryl methyl sites for hydroxylation is 1. The first-order valence-corrected chi connectivity index (χ1v) is 14.1. The molecule has 0 aliphatic heterocycles. The van der Waals surface area contributed by atoms with Gasteiger partial charge in [-0.05, 0) is 42.8 Å². The van der Waals surface area contributed by atoms with E-state index in [2.05, 4.69) is 25.3 Å². The minimum atomic E-state index is -4.83. The molecule has 0 fully saturated rings. The largest absolute Gasteiger partial charge is 0.573 e. The van der Waals surface area contributed by atoms with Gasteiger partial charge in [0.2, 0.25) is 5.91 Å². The third-order valence-electron chi connectivity index (χ3n) is 5.30. The fourth-order valence-corrected chi connectivity index (χ4v) is 4.53. The lowest BCUT2D eigenvalue weighted by Gasteiger charge is -2.13. The second-order valence-electron chi connectivity index (χ2n) is 8.63. The third kappa shape index (κ3) is 9.40. The Morgan fingerprint density at radius 1 is 1.10 bits per heavy atom. The summed E-state index contributed by atoms with van der Waals surface area (Å²) in [6.07, 6.45) is -0.0812. The van der Waals surface area contributed by atoms with Crippen LogP contribution in [0.3, 0.4) is 0 Å². The number of benzene rings is 2. The van der Waals surface area contributed by atoms with Crippen molar-refractivity contribution in [1.82, 2.24) is 19.9 Å². The molecule has 1 amide bonds. The standard InChI is InChI=1S/C25H23ClF3N5O5S.ClH/c1-40(36,37)14-22(35)30-9-3-10-34-11-8-20-23(34)24(32-15-31-20)33-16-6-7-21(19(26)12-16)38-17-4-2-5-18(13-17)39-25(27,28)29;/h2,4-8,11-13,15H,3,9-10,14H2,1H3,(H,30,35)(H,31,32,33);1H. The molecule has 4 rings (SSSR count). The molecule has 10 nitrogen and oxygen atoms in total. The zero-order valence-electron chi connectivity index (χ0n) is 21.3. The Morgan fingerprint density at radius 2 is 1.85 bits per heavy atom. The first-order valence-electron chi connectivity index (χ1n) is 11.7. The molecule has 2 aromatic carbocycles. The monoisotopic (exact) mass is 633 g/mol. The highest BCUT2D eigenvalue weighted by molar-refractivity contribution is 7.91. The lowest BCUT2D eigenvalue weighted by molar-refractivity contribution is -0.274. The second kappa shape index (κ2) is 13.3. The average molecular weight is 634 g/mol. The minimum Gasteiger partial charge on any atom is -0.456 e. The Bertz CT molecular complexity index is 1630. The van der Waals surface area contributed by atoms with Crippen molar-refractivity contribution in [2.75, 3.05) is 23.9 Å². The summed E-state index contributed by atoms with van der Waals surface area (Å²) in [5.41, 5.74) is 1.93. The van der Waals surface area contributed by atoms with Crippen LogP contribution in [0.25, 0.3) is 11.0 Å². The highest BCUT2D eigenvalue weighted by Crippen LogP contribution is 2.35. The second-order valence-corrected chi connectivity index (χ2v) is 11.2. The van der Waals surface area contributed by atoms with Gasteiger partial charge in [-0.3, -0.25) is 4.79 Å². The number of hydrogen-bond donors (Lipinski definition) is 2.